The second kappa shape index (κ2) is 5.43. The van der Waals surface area contributed by atoms with Crippen LogP contribution in [-0.2, 0) is 19.2 Å². The Morgan fingerprint density at radius 3 is 2.58 bits per heavy atom. The molecule has 0 aliphatic carbocycles. The largest absolute Gasteiger partial charge is 0.356 e. The van der Waals surface area contributed by atoms with Crippen molar-refractivity contribution in [3.63, 3.8) is 0 Å². The fourth-order valence-electron chi connectivity index (χ4n) is 1.55. The molecule has 0 bridgehead atoms. The molecule has 0 radical (unpaired) electrons. The molecule has 1 aliphatic heterocycles. The van der Waals surface area contributed by atoms with Gasteiger partial charge in [0.2, 0.25) is 0 Å². The molecule has 1 aromatic rings. The van der Waals surface area contributed by atoms with Crippen molar-refractivity contribution in [1.82, 2.24) is 5.06 Å². The molecule has 1 aromatic carbocycles. The van der Waals surface area contributed by atoms with Crippen LogP contribution in [0.4, 0.5) is 4.39 Å². The second-order valence-corrected chi connectivity index (χ2v) is 3.88. The molecule has 19 heavy (non-hydrogen) atoms. The number of imide groups is 1. The van der Waals surface area contributed by atoms with E-state index < -0.39 is 23.6 Å². The molecule has 1 fully saturated rings. The maximum absolute atomic E-state index is 12.9. The lowest BCUT2D eigenvalue weighted by molar-refractivity contribution is -0.193. The van der Waals surface area contributed by atoms with Crippen molar-refractivity contribution in [2.24, 2.45) is 0 Å². The van der Waals surface area contributed by atoms with Crippen molar-refractivity contribution in [3.05, 3.63) is 41.7 Å². The van der Waals surface area contributed by atoms with Crippen LogP contribution in [0.3, 0.4) is 0 Å². The molecule has 0 saturated carbocycles. The molecule has 0 unspecified atom stereocenters. The van der Waals surface area contributed by atoms with Gasteiger partial charge in [-0.1, -0.05) is 12.1 Å². The van der Waals surface area contributed by atoms with Gasteiger partial charge in [0.25, 0.3) is 11.8 Å². The average molecular weight is 263 g/mol. The van der Waals surface area contributed by atoms with Gasteiger partial charge < -0.3 is 4.84 Å². The van der Waals surface area contributed by atoms with Gasteiger partial charge in [-0.3, -0.25) is 9.59 Å². The molecule has 0 aromatic heterocycles. The SMILES string of the molecule is O=C(/C=C/c1cccc(F)c1)ON1C(=O)CCC1=O. The van der Waals surface area contributed by atoms with Gasteiger partial charge >= 0.3 is 5.97 Å². The Morgan fingerprint density at radius 1 is 1.26 bits per heavy atom. The van der Waals surface area contributed by atoms with Crippen LogP contribution in [0.5, 0.6) is 0 Å². The fraction of sp³-hybridized carbons (Fsp3) is 0.154. The number of rotatable bonds is 3. The van der Waals surface area contributed by atoms with Crippen molar-refractivity contribution in [3.8, 4) is 0 Å². The Balaban J connectivity index is 1.98. The van der Waals surface area contributed by atoms with E-state index in [0.717, 1.165) is 6.08 Å². The van der Waals surface area contributed by atoms with Crippen molar-refractivity contribution in [2.75, 3.05) is 0 Å². The van der Waals surface area contributed by atoms with Crippen molar-refractivity contribution >= 4 is 23.9 Å². The van der Waals surface area contributed by atoms with Gasteiger partial charge in [0.1, 0.15) is 5.82 Å². The van der Waals surface area contributed by atoms with Crippen LogP contribution in [0.1, 0.15) is 18.4 Å². The first-order valence-corrected chi connectivity index (χ1v) is 5.57. The van der Waals surface area contributed by atoms with E-state index >= 15 is 0 Å². The summed E-state index contributed by atoms with van der Waals surface area (Å²) in [6, 6.07) is 5.60. The normalized spacial score (nSPS) is 15.3. The van der Waals surface area contributed by atoms with Gasteiger partial charge in [-0.25, -0.2) is 9.18 Å². The molecule has 2 amide bonds. The van der Waals surface area contributed by atoms with Crippen molar-refractivity contribution < 1.29 is 23.6 Å². The van der Waals surface area contributed by atoms with Gasteiger partial charge in [-0.15, -0.1) is 5.06 Å². The van der Waals surface area contributed by atoms with E-state index in [9.17, 15) is 18.8 Å². The minimum Gasteiger partial charge on any atom is -0.326 e. The van der Waals surface area contributed by atoms with Crippen LogP contribution in [0, 0.1) is 5.82 Å². The summed E-state index contributed by atoms with van der Waals surface area (Å²) in [5.41, 5.74) is 0.469. The third-order valence-electron chi connectivity index (χ3n) is 2.45. The Bertz CT molecular complexity index is 552. The smallest absolute Gasteiger partial charge is 0.326 e. The zero-order chi connectivity index (χ0) is 13.8. The van der Waals surface area contributed by atoms with E-state index in [-0.39, 0.29) is 12.8 Å². The summed E-state index contributed by atoms with van der Waals surface area (Å²) in [5, 5.41) is 0.457. The van der Waals surface area contributed by atoms with Gasteiger partial charge in [-0.2, -0.15) is 0 Å². The second-order valence-electron chi connectivity index (χ2n) is 3.88. The Morgan fingerprint density at radius 2 is 1.95 bits per heavy atom. The van der Waals surface area contributed by atoms with E-state index in [1.54, 1.807) is 6.07 Å². The molecule has 0 atom stereocenters. The summed E-state index contributed by atoms with van der Waals surface area (Å²) in [5.74, 6) is -2.39. The first-order chi connectivity index (χ1) is 9.06. The lowest BCUT2D eigenvalue weighted by Crippen LogP contribution is -2.31. The predicted molar refractivity (Wildman–Crippen MR) is 62.6 cm³/mol. The average Bonchev–Trinajstić information content (AvgIpc) is 2.68. The highest BCUT2D eigenvalue weighted by atomic mass is 19.1. The highest BCUT2D eigenvalue weighted by molar-refractivity contribution is 6.02. The van der Waals surface area contributed by atoms with Crippen LogP contribution in [0.25, 0.3) is 6.08 Å². The molecule has 1 aliphatic rings. The number of halogens is 1. The van der Waals surface area contributed by atoms with Crippen LogP contribution in [-0.4, -0.2) is 22.8 Å². The Labute approximate surface area is 108 Å². The van der Waals surface area contributed by atoms with Crippen LogP contribution in [0.2, 0.25) is 0 Å². The zero-order valence-electron chi connectivity index (χ0n) is 9.84. The summed E-state index contributed by atoms with van der Waals surface area (Å²) in [6.07, 6.45) is 2.43. The monoisotopic (exact) mass is 263 g/mol. The molecule has 2 rings (SSSR count). The molecule has 1 saturated heterocycles. The predicted octanol–water partition coefficient (Wildman–Crippen LogP) is 1.45. The summed E-state index contributed by atoms with van der Waals surface area (Å²) >= 11 is 0. The third kappa shape index (κ3) is 3.25. The summed E-state index contributed by atoms with van der Waals surface area (Å²) in [4.78, 5) is 38.4. The standard InChI is InChI=1S/C13H10FNO4/c14-10-3-1-2-9(8-10)4-7-13(18)19-15-11(16)5-6-12(15)17/h1-4,7-8H,5-6H2/b7-4+. The minimum absolute atomic E-state index is 0.0414. The maximum atomic E-state index is 12.9. The number of amides is 2. The van der Waals surface area contributed by atoms with Gasteiger partial charge in [-0.05, 0) is 23.8 Å². The first kappa shape index (κ1) is 12.9. The number of carbonyl (C=O) groups is 3. The van der Waals surface area contributed by atoms with E-state index in [4.69, 9.17) is 0 Å². The van der Waals surface area contributed by atoms with Gasteiger partial charge in [0.15, 0.2) is 0 Å². The zero-order valence-corrected chi connectivity index (χ0v) is 9.84. The molecular formula is C13H10FNO4. The third-order valence-corrected chi connectivity index (χ3v) is 2.45. The number of carbonyl (C=O) groups excluding carboxylic acids is 3. The minimum atomic E-state index is -0.868. The molecular weight excluding hydrogens is 253 g/mol. The highest BCUT2D eigenvalue weighted by Gasteiger charge is 2.32. The fourth-order valence-corrected chi connectivity index (χ4v) is 1.55. The molecule has 98 valence electrons. The molecule has 5 nitrogen and oxygen atoms in total. The molecule has 0 spiro atoms. The number of hydrogen-bond acceptors (Lipinski definition) is 4. The summed E-state index contributed by atoms with van der Waals surface area (Å²) < 4.78 is 12.9. The highest BCUT2D eigenvalue weighted by Crippen LogP contribution is 2.12. The lowest BCUT2D eigenvalue weighted by atomic mass is 10.2. The topological polar surface area (TPSA) is 63.7 Å². The van der Waals surface area contributed by atoms with Crippen LogP contribution >= 0.6 is 0 Å². The van der Waals surface area contributed by atoms with Crippen molar-refractivity contribution in [2.45, 2.75) is 12.8 Å². The maximum Gasteiger partial charge on any atom is 0.356 e. The van der Waals surface area contributed by atoms with Crippen LogP contribution < -0.4 is 0 Å². The quantitative estimate of drug-likeness (QED) is 0.611. The summed E-state index contributed by atoms with van der Waals surface area (Å²) in [7, 11) is 0. The van der Waals surface area contributed by atoms with Crippen molar-refractivity contribution in [1.29, 1.82) is 0 Å². The van der Waals surface area contributed by atoms with E-state index in [1.807, 2.05) is 0 Å². The van der Waals surface area contributed by atoms with E-state index in [2.05, 4.69) is 4.84 Å². The van der Waals surface area contributed by atoms with E-state index in [1.165, 1.54) is 24.3 Å². The summed E-state index contributed by atoms with van der Waals surface area (Å²) in [6.45, 7) is 0. The Kier molecular flexibility index (Phi) is 3.70. The first-order valence-electron chi connectivity index (χ1n) is 5.57. The van der Waals surface area contributed by atoms with Gasteiger partial charge in [0.05, 0.1) is 0 Å². The van der Waals surface area contributed by atoms with Gasteiger partial charge in [0, 0.05) is 18.9 Å². The van der Waals surface area contributed by atoms with Crippen LogP contribution in [0.15, 0.2) is 30.3 Å². The Hall–Kier alpha value is -2.50. The molecule has 1 heterocycles. The number of nitrogens with zero attached hydrogens (tertiary/aromatic N) is 1. The molecule has 6 heteroatoms. The number of hydroxylamine groups is 2. The number of benzene rings is 1. The molecule has 0 N–H and O–H groups in total. The number of hydrogen-bond donors (Lipinski definition) is 0. The van der Waals surface area contributed by atoms with E-state index in [0.29, 0.717) is 10.6 Å². The lowest BCUT2D eigenvalue weighted by Gasteiger charge is -2.10.